The topological polar surface area (TPSA) is 62.6 Å². The first-order chi connectivity index (χ1) is 11.5. The van der Waals surface area contributed by atoms with Gasteiger partial charge < -0.3 is 4.42 Å². The summed E-state index contributed by atoms with van der Waals surface area (Å²) in [5.41, 5.74) is 3.41. The molecule has 24 heavy (non-hydrogen) atoms. The number of hydrogen-bond donors (Lipinski definition) is 1. The van der Waals surface area contributed by atoms with Gasteiger partial charge in [0.15, 0.2) is 8.99 Å². The number of benzene rings is 1. The first kappa shape index (κ1) is 16.9. The second-order valence-corrected chi connectivity index (χ2v) is 7.31. The zero-order valence-electron chi connectivity index (χ0n) is 12.2. The summed E-state index contributed by atoms with van der Waals surface area (Å²) in [5.74, 6) is -0.156. The molecule has 0 saturated carbocycles. The van der Waals surface area contributed by atoms with E-state index in [1.54, 1.807) is 18.2 Å². The highest BCUT2D eigenvalue weighted by Crippen LogP contribution is 2.32. The number of hydrogen-bond acceptors (Lipinski definition) is 5. The minimum Gasteiger partial charge on any atom is -0.450 e. The van der Waals surface area contributed by atoms with Gasteiger partial charge in [-0.1, -0.05) is 42.1 Å². The summed E-state index contributed by atoms with van der Waals surface area (Å²) in [4.78, 5) is 24.9. The van der Waals surface area contributed by atoms with Crippen LogP contribution in [0.3, 0.4) is 0 Å². The number of carbonyl (C=O) groups excluding carboxylic acids is 2. The fourth-order valence-electron chi connectivity index (χ4n) is 2.04. The van der Waals surface area contributed by atoms with Crippen molar-refractivity contribution < 1.29 is 14.0 Å². The highest BCUT2D eigenvalue weighted by atomic mass is 79.9. The van der Waals surface area contributed by atoms with Crippen LogP contribution in [0, 0.1) is 0 Å². The standard InChI is InChI=1S/C16H11BrN2O3S2/c17-13-7-6-11(22-13)9-12-15(21)19(16(23)24-12)18-14(20)8-10-4-2-1-3-5-10/h1-7,9H,8H2,(H,18,20)/b12-9+. The van der Waals surface area contributed by atoms with Gasteiger partial charge in [0.1, 0.15) is 5.76 Å². The molecule has 3 rings (SSSR count). The summed E-state index contributed by atoms with van der Waals surface area (Å²) in [5, 5.41) is 1.09. The molecule has 0 bridgehead atoms. The van der Waals surface area contributed by atoms with Gasteiger partial charge in [0.25, 0.3) is 5.91 Å². The van der Waals surface area contributed by atoms with Crippen molar-refractivity contribution in [1.82, 2.24) is 10.4 Å². The van der Waals surface area contributed by atoms with Crippen LogP contribution in [0.1, 0.15) is 11.3 Å². The Bertz CT molecular complexity index is 833. The number of furan rings is 1. The van der Waals surface area contributed by atoms with Gasteiger partial charge in [0.05, 0.1) is 11.3 Å². The molecule has 1 aromatic heterocycles. The molecular formula is C16H11BrN2O3S2. The average molecular weight is 423 g/mol. The minimum atomic E-state index is -0.376. The molecule has 5 nitrogen and oxygen atoms in total. The van der Waals surface area contributed by atoms with E-state index >= 15 is 0 Å². The van der Waals surface area contributed by atoms with E-state index in [0.717, 1.165) is 22.3 Å². The van der Waals surface area contributed by atoms with Crippen molar-refractivity contribution in [1.29, 1.82) is 0 Å². The van der Waals surface area contributed by atoms with Gasteiger partial charge in [-0.25, -0.2) is 0 Å². The lowest BCUT2D eigenvalue weighted by molar-refractivity contribution is -0.132. The van der Waals surface area contributed by atoms with Crippen molar-refractivity contribution >= 4 is 62.1 Å². The van der Waals surface area contributed by atoms with Gasteiger partial charge in [0, 0.05) is 6.08 Å². The second-order valence-electron chi connectivity index (χ2n) is 4.86. The van der Waals surface area contributed by atoms with Gasteiger partial charge in [0.2, 0.25) is 5.91 Å². The molecule has 8 heteroatoms. The normalized spacial score (nSPS) is 16.0. The number of thioether (sulfide) groups is 1. The van der Waals surface area contributed by atoms with Crippen LogP contribution in [-0.2, 0) is 16.0 Å². The van der Waals surface area contributed by atoms with Crippen molar-refractivity contribution in [3.8, 4) is 0 Å². The molecule has 0 atom stereocenters. The van der Waals surface area contributed by atoms with E-state index in [1.165, 1.54) is 0 Å². The summed E-state index contributed by atoms with van der Waals surface area (Å²) in [7, 11) is 0. The first-order valence-corrected chi connectivity index (χ1v) is 8.91. The number of nitrogens with one attached hydrogen (secondary N) is 1. The van der Waals surface area contributed by atoms with E-state index in [9.17, 15) is 9.59 Å². The number of thiocarbonyl (C=S) groups is 1. The number of rotatable bonds is 4. The van der Waals surface area contributed by atoms with E-state index in [1.807, 2.05) is 30.3 Å². The van der Waals surface area contributed by atoms with Crippen molar-refractivity contribution in [2.45, 2.75) is 6.42 Å². The first-order valence-electron chi connectivity index (χ1n) is 6.89. The molecule has 122 valence electrons. The maximum Gasteiger partial charge on any atom is 0.285 e. The van der Waals surface area contributed by atoms with E-state index in [-0.39, 0.29) is 22.6 Å². The molecule has 1 N–H and O–H groups in total. The van der Waals surface area contributed by atoms with E-state index in [0.29, 0.717) is 15.3 Å². The van der Waals surface area contributed by atoms with Gasteiger partial charge in [-0.2, -0.15) is 5.01 Å². The van der Waals surface area contributed by atoms with Gasteiger partial charge in [-0.15, -0.1) is 0 Å². The van der Waals surface area contributed by atoms with Crippen LogP contribution >= 0.6 is 39.9 Å². The lowest BCUT2D eigenvalue weighted by Gasteiger charge is -2.15. The average Bonchev–Trinajstić information content (AvgIpc) is 3.07. The summed E-state index contributed by atoms with van der Waals surface area (Å²) >= 11 is 9.49. The van der Waals surface area contributed by atoms with Gasteiger partial charge in [-0.3, -0.25) is 15.0 Å². The molecule has 1 aliphatic rings. The third kappa shape index (κ3) is 3.95. The largest absolute Gasteiger partial charge is 0.450 e. The molecule has 0 aliphatic carbocycles. The summed E-state index contributed by atoms with van der Waals surface area (Å²) in [6.07, 6.45) is 1.76. The van der Waals surface area contributed by atoms with Crippen LogP contribution in [0.25, 0.3) is 6.08 Å². The Kier molecular flexibility index (Phi) is 5.17. The Balaban J connectivity index is 1.68. The number of hydrazine groups is 1. The van der Waals surface area contributed by atoms with Crippen LogP contribution in [0.15, 0.2) is 56.5 Å². The van der Waals surface area contributed by atoms with Crippen LogP contribution < -0.4 is 5.43 Å². The quantitative estimate of drug-likeness (QED) is 0.603. The fraction of sp³-hybridized carbons (Fsp3) is 0.0625. The predicted molar refractivity (Wildman–Crippen MR) is 99.7 cm³/mol. The zero-order valence-corrected chi connectivity index (χ0v) is 15.4. The molecule has 1 saturated heterocycles. The van der Waals surface area contributed by atoms with Crippen molar-refractivity contribution in [3.05, 3.63) is 63.4 Å². The number of halogens is 1. The molecule has 1 aliphatic heterocycles. The molecule has 0 spiro atoms. The summed E-state index contributed by atoms with van der Waals surface area (Å²) in [6.45, 7) is 0. The van der Waals surface area contributed by atoms with Crippen molar-refractivity contribution in [3.63, 3.8) is 0 Å². The molecule has 2 aromatic rings. The highest BCUT2D eigenvalue weighted by Gasteiger charge is 2.33. The summed E-state index contributed by atoms with van der Waals surface area (Å²) < 4.78 is 6.20. The van der Waals surface area contributed by atoms with E-state index < -0.39 is 0 Å². The van der Waals surface area contributed by atoms with E-state index in [2.05, 4.69) is 21.4 Å². The van der Waals surface area contributed by atoms with Gasteiger partial charge >= 0.3 is 0 Å². The van der Waals surface area contributed by atoms with E-state index in [4.69, 9.17) is 16.6 Å². The lowest BCUT2D eigenvalue weighted by Crippen LogP contribution is -2.45. The Morgan fingerprint density at radius 3 is 2.71 bits per heavy atom. The predicted octanol–water partition coefficient (Wildman–Crippen LogP) is 3.52. The molecule has 1 aromatic carbocycles. The minimum absolute atomic E-state index is 0.169. The molecular weight excluding hydrogens is 412 g/mol. The van der Waals surface area contributed by atoms with Crippen LogP contribution in [0.2, 0.25) is 0 Å². The zero-order chi connectivity index (χ0) is 17.1. The number of amides is 2. The Labute approximate surface area is 156 Å². The maximum absolute atomic E-state index is 12.4. The van der Waals surface area contributed by atoms with Crippen LogP contribution in [-0.4, -0.2) is 21.1 Å². The molecule has 1 fully saturated rings. The summed E-state index contributed by atoms with van der Waals surface area (Å²) in [6, 6.07) is 12.7. The van der Waals surface area contributed by atoms with Crippen LogP contribution in [0.5, 0.6) is 0 Å². The SMILES string of the molecule is O=C(Cc1ccccc1)NN1C(=O)/C(=C\c2ccc(Br)o2)SC1=S. The second kappa shape index (κ2) is 7.33. The van der Waals surface area contributed by atoms with Gasteiger partial charge in [-0.05, 0) is 45.8 Å². The highest BCUT2D eigenvalue weighted by molar-refractivity contribution is 9.10. The third-order valence-electron chi connectivity index (χ3n) is 3.11. The molecule has 0 unspecified atom stereocenters. The lowest BCUT2D eigenvalue weighted by atomic mass is 10.1. The molecule has 2 heterocycles. The number of nitrogens with zero attached hydrogens (tertiary/aromatic N) is 1. The Morgan fingerprint density at radius 2 is 2.04 bits per heavy atom. The Hall–Kier alpha value is -1.90. The maximum atomic E-state index is 12.4. The van der Waals surface area contributed by atoms with Crippen molar-refractivity contribution in [2.24, 2.45) is 0 Å². The smallest absolute Gasteiger partial charge is 0.285 e. The van der Waals surface area contributed by atoms with Crippen LogP contribution in [0.4, 0.5) is 0 Å². The Morgan fingerprint density at radius 1 is 1.29 bits per heavy atom. The molecule has 2 amide bonds. The third-order valence-corrected chi connectivity index (χ3v) is 4.83. The monoisotopic (exact) mass is 422 g/mol. The molecule has 0 radical (unpaired) electrons. The van der Waals surface area contributed by atoms with Crippen molar-refractivity contribution in [2.75, 3.05) is 0 Å². The fourth-order valence-corrected chi connectivity index (χ4v) is 3.52. The number of carbonyl (C=O) groups is 2.